The van der Waals surface area contributed by atoms with Crippen molar-refractivity contribution in [3.05, 3.63) is 41.7 Å². The van der Waals surface area contributed by atoms with Crippen LogP contribution in [0.15, 0.2) is 12.7 Å². The number of nitrogens with zero attached hydrogens (tertiary/aromatic N) is 1. The molecule has 122 valence electrons. The van der Waals surface area contributed by atoms with Gasteiger partial charge in [-0.15, -0.1) is 0 Å². The summed E-state index contributed by atoms with van der Waals surface area (Å²) in [7, 11) is -4.75. The molecule has 0 saturated carbocycles. The minimum absolute atomic E-state index is 0.320. The minimum Gasteiger partial charge on any atom is -0.444 e. The van der Waals surface area contributed by atoms with Crippen molar-refractivity contribution in [1.29, 1.82) is 0 Å². The average molecular weight is 345 g/mol. The smallest absolute Gasteiger partial charge is 0.428 e. The van der Waals surface area contributed by atoms with Crippen molar-refractivity contribution < 1.29 is 39.9 Å². The maximum atomic E-state index is 13.6. The van der Waals surface area contributed by atoms with Gasteiger partial charge in [-0.1, -0.05) is 12.7 Å². The summed E-state index contributed by atoms with van der Waals surface area (Å²) in [5.41, 5.74) is -1.95. The van der Waals surface area contributed by atoms with E-state index in [-0.39, 0.29) is 0 Å². The van der Waals surface area contributed by atoms with Crippen molar-refractivity contribution in [2.45, 2.75) is 0 Å². The highest BCUT2D eigenvalue weighted by atomic mass is 32.2. The minimum atomic E-state index is -4.75. The highest BCUT2D eigenvalue weighted by Gasteiger charge is 2.37. The van der Waals surface area contributed by atoms with E-state index in [2.05, 4.69) is 11.3 Å². The van der Waals surface area contributed by atoms with Crippen LogP contribution in [0.2, 0.25) is 0 Å². The third-order valence-corrected chi connectivity index (χ3v) is 3.21. The summed E-state index contributed by atoms with van der Waals surface area (Å²) in [5.74, 6) is -12.3. The quantitative estimate of drug-likeness (QED) is 0.364. The monoisotopic (exact) mass is 345 g/mol. The Morgan fingerprint density at radius 2 is 1.50 bits per heavy atom. The largest absolute Gasteiger partial charge is 0.444 e. The van der Waals surface area contributed by atoms with Gasteiger partial charge in [-0.2, -0.15) is 4.31 Å². The zero-order valence-corrected chi connectivity index (χ0v) is 11.7. The molecule has 0 aliphatic rings. The second kappa shape index (κ2) is 6.30. The molecule has 1 aromatic carbocycles. The summed E-state index contributed by atoms with van der Waals surface area (Å²) in [6.45, 7) is 2.58. The van der Waals surface area contributed by atoms with Crippen molar-refractivity contribution >= 4 is 21.8 Å². The lowest BCUT2D eigenvalue weighted by Crippen LogP contribution is -2.38. The van der Waals surface area contributed by atoms with E-state index in [0.29, 0.717) is 6.26 Å². The van der Waals surface area contributed by atoms with E-state index in [1.807, 2.05) is 0 Å². The van der Waals surface area contributed by atoms with Crippen LogP contribution in [0.1, 0.15) is 0 Å². The molecule has 0 heterocycles. The van der Waals surface area contributed by atoms with Gasteiger partial charge in [-0.3, -0.25) is 0 Å². The number of anilines is 1. The third-order valence-electron chi connectivity index (χ3n) is 2.21. The van der Waals surface area contributed by atoms with E-state index in [0.717, 1.165) is 6.08 Å². The molecule has 0 unspecified atom stereocenters. The first kappa shape index (κ1) is 17.9. The number of carbonyl (C=O) groups excluding carboxylic acids is 1. The lowest BCUT2D eigenvalue weighted by atomic mass is 10.2. The summed E-state index contributed by atoms with van der Waals surface area (Å²) in [4.78, 5) is 11.6. The SMILES string of the molecule is C=CCOC(=O)N(c1c(F)c(F)c(F)c(F)c1F)S(C)(=O)=O. The first-order valence-electron chi connectivity index (χ1n) is 5.33. The van der Waals surface area contributed by atoms with E-state index in [1.165, 1.54) is 0 Å². The highest BCUT2D eigenvalue weighted by molar-refractivity contribution is 7.92. The Balaban J connectivity index is 3.65. The molecule has 0 aliphatic heterocycles. The van der Waals surface area contributed by atoms with Crippen molar-refractivity contribution in [3.8, 4) is 0 Å². The fourth-order valence-corrected chi connectivity index (χ4v) is 2.17. The molecule has 0 saturated heterocycles. The van der Waals surface area contributed by atoms with Gasteiger partial charge in [-0.25, -0.2) is 35.2 Å². The van der Waals surface area contributed by atoms with Crippen LogP contribution in [0.3, 0.4) is 0 Å². The standard InChI is InChI=1S/C11H8F5NO4S/c1-3-4-21-11(18)17(22(2,19)20)10-8(15)6(13)5(12)7(14)9(10)16/h3H,1,4H2,2H3. The molecule has 0 N–H and O–H groups in total. The topological polar surface area (TPSA) is 63.7 Å². The Kier molecular flexibility index (Phi) is 5.12. The molecule has 0 spiro atoms. The van der Waals surface area contributed by atoms with Crippen LogP contribution in [-0.4, -0.2) is 27.4 Å². The van der Waals surface area contributed by atoms with Gasteiger partial charge in [0.2, 0.25) is 15.8 Å². The predicted molar refractivity (Wildman–Crippen MR) is 65.1 cm³/mol. The van der Waals surface area contributed by atoms with Crippen LogP contribution >= 0.6 is 0 Å². The Hall–Kier alpha value is -2.17. The molecule has 11 heteroatoms. The lowest BCUT2D eigenvalue weighted by Gasteiger charge is -2.21. The third kappa shape index (κ3) is 3.18. The molecule has 0 radical (unpaired) electrons. The number of ether oxygens (including phenoxy) is 1. The molecule has 0 bridgehead atoms. The molecule has 0 atom stereocenters. The van der Waals surface area contributed by atoms with Gasteiger partial charge in [0.25, 0.3) is 0 Å². The van der Waals surface area contributed by atoms with Gasteiger partial charge in [-0.05, 0) is 0 Å². The Morgan fingerprint density at radius 3 is 1.86 bits per heavy atom. The van der Waals surface area contributed by atoms with E-state index >= 15 is 0 Å². The molecule has 0 fully saturated rings. The first-order chi connectivity index (χ1) is 10.0. The van der Waals surface area contributed by atoms with Crippen LogP contribution in [0, 0.1) is 29.1 Å². The zero-order valence-electron chi connectivity index (χ0n) is 10.9. The first-order valence-corrected chi connectivity index (χ1v) is 7.18. The fraction of sp³-hybridized carbons (Fsp3) is 0.182. The number of carbonyl (C=O) groups is 1. The van der Waals surface area contributed by atoms with Gasteiger partial charge in [0.15, 0.2) is 23.3 Å². The summed E-state index contributed by atoms with van der Waals surface area (Å²) >= 11 is 0. The molecule has 1 amide bonds. The van der Waals surface area contributed by atoms with Crippen molar-refractivity contribution in [1.82, 2.24) is 0 Å². The van der Waals surface area contributed by atoms with Gasteiger partial charge in [0.1, 0.15) is 12.3 Å². The lowest BCUT2D eigenvalue weighted by molar-refractivity contribution is 0.169. The summed E-state index contributed by atoms with van der Waals surface area (Å²) < 4.78 is 93.0. The number of benzene rings is 1. The molecule has 1 rings (SSSR count). The van der Waals surface area contributed by atoms with Gasteiger partial charge < -0.3 is 4.74 Å². The van der Waals surface area contributed by atoms with Crippen LogP contribution < -0.4 is 4.31 Å². The summed E-state index contributed by atoms with van der Waals surface area (Å²) in [6.07, 6.45) is -0.539. The van der Waals surface area contributed by atoms with Crippen LogP contribution in [-0.2, 0) is 14.8 Å². The average Bonchev–Trinajstić information content (AvgIpc) is 2.43. The second-order valence-corrected chi connectivity index (χ2v) is 5.64. The van der Waals surface area contributed by atoms with Gasteiger partial charge in [0.05, 0.1) is 6.26 Å². The number of sulfonamides is 1. The normalized spacial score (nSPS) is 11.2. The maximum absolute atomic E-state index is 13.6. The van der Waals surface area contributed by atoms with E-state index in [9.17, 15) is 35.2 Å². The van der Waals surface area contributed by atoms with Crippen LogP contribution in [0.25, 0.3) is 0 Å². The maximum Gasteiger partial charge on any atom is 0.428 e. The highest BCUT2D eigenvalue weighted by Crippen LogP contribution is 2.32. The predicted octanol–water partition coefficient (Wildman–Crippen LogP) is 2.47. The molecule has 0 aliphatic carbocycles. The van der Waals surface area contributed by atoms with E-state index in [1.54, 1.807) is 0 Å². The number of halogens is 5. The number of hydrogen-bond acceptors (Lipinski definition) is 4. The van der Waals surface area contributed by atoms with E-state index < -0.39 is 61.8 Å². The Morgan fingerprint density at radius 1 is 1.09 bits per heavy atom. The van der Waals surface area contributed by atoms with Gasteiger partial charge >= 0.3 is 6.09 Å². The molecule has 5 nitrogen and oxygen atoms in total. The summed E-state index contributed by atoms with van der Waals surface area (Å²) in [5, 5.41) is 0. The van der Waals surface area contributed by atoms with Crippen molar-refractivity contribution in [2.24, 2.45) is 0 Å². The van der Waals surface area contributed by atoms with Crippen molar-refractivity contribution in [3.63, 3.8) is 0 Å². The molecule has 0 aromatic heterocycles. The molecular weight excluding hydrogens is 337 g/mol. The Labute approximate surface area is 121 Å². The van der Waals surface area contributed by atoms with Crippen LogP contribution in [0.4, 0.5) is 32.4 Å². The number of amides is 1. The van der Waals surface area contributed by atoms with Gasteiger partial charge in [0, 0.05) is 0 Å². The zero-order chi connectivity index (χ0) is 17.2. The van der Waals surface area contributed by atoms with E-state index in [4.69, 9.17) is 0 Å². The Bertz CT molecular complexity index is 705. The second-order valence-electron chi connectivity index (χ2n) is 3.81. The number of rotatable bonds is 4. The van der Waals surface area contributed by atoms with Crippen LogP contribution in [0.5, 0.6) is 0 Å². The molecular formula is C11H8F5NO4S. The summed E-state index contributed by atoms with van der Waals surface area (Å²) in [6, 6.07) is 0. The van der Waals surface area contributed by atoms with Crippen molar-refractivity contribution in [2.75, 3.05) is 17.2 Å². The fourth-order valence-electron chi connectivity index (χ4n) is 1.35. The molecule has 22 heavy (non-hydrogen) atoms. The molecule has 1 aromatic rings. The number of hydrogen-bond donors (Lipinski definition) is 0.